The number of anilines is 1. The molecule has 0 radical (unpaired) electrons. The van der Waals surface area contributed by atoms with Gasteiger partial charge in [0.05, 0.1) is 16.8 Å². The summed E-state index contributed by atoms with van der Waals surface area (Å²) in [5.74, 6) is 0.154. The topological polar surface area (TPSA) is 105 Å². The number of amidine groups is 1. The van der Waals surface area contributed by atoms with Crippen LogP contribution in [-0.2, 0) is 10.0 Å². The Morgan fingerprint density at radius 2 is 1.92 bits per heavy atom. The number of amides is 1. The Morgan fingerprint density at radius 3 is 2.50 bits per heavy atom. The van der Waals surface area contributed by atoms with Crippen molar-refractivity contribution >= 4 is 27.5 Å². The molecule has 1 aliphatic rings. The van der Waals surface area contributed by atoms with Gasteiger partial charge in [-0.25, -0.2) is 4.98 Å². The molecule has 0 spiro atoms. The summed E-state index contributed by atoms with van der Waals surface area (Å²) in [4.78, 5) is 22.1. The molecule has 0 bridgehead atoms. The van der Waals surface area contributed by atoms with Crippen molar-refractivity contribution in [3.8, 4) is 0 Å². The lowest BCUT2D eigenvalue weighted by Gasteiger charge is -2.11. The molecule has 0 atom stereocenters. The van der Waals surface area contributed by atoms with Crippen LogP contribution in [0.3, 0.4) is 0 Å². The van der Waals surface area contributed by atoms with E-state index in [1.165, 1.54) is 36.7 Å². The molecule has 2 aromatic rings. The van der Waals surface area contributed by atoms with Gasteiger partial charge in [0.25, 0.3) is 15.9 Å². The lowest BCUT2D eigenvalue weighted by molar-refractivity contribution is 0.102. The number of carbonyl (C=O) groups is 1. The first-order valence-electron chi connectivity index (χ1n) is 8.10. The molecule has 8 nitrogen and oxygen atoms in total. The van der Waals surface area contributed by atoms with Gasteiger partial charge in [0.15, 0.2) is 0 Å². The average Bonchev–Trinajstić information content (AvgIpc) is 3.00. The molecule has 1 aromatic heterocycles. The molecule has 136 valence electrons. The number of hydrogen-bond donors (Lipinski definition) is 1. The number of aryl methyl sites for hydroxylation is 1. The average molecular weight is 373 g/mol. The van der Waals surface area contributed by atoms with Crippen molar-refractivity contribution in [3.63, 3.8) is 0 Å². The number of nitrogens with zero attached hydrogens (tertiary/aromatic N) is 4. The van der Waals surface area contributed by atoms with Gasteiger partial charge in [-0.3, -0.25) is 9.78 Å². The van der Waals surface area contributed by atoms with Crippen LogP contribution in [0.2, 0.25) is 0 Å². The van der Waals surface area contributed by atoms with Crippen LogP contribution >= 0.6 is 0 Å². The van der Waals surface area contributed by atoms with Gasteiger partial charge in [0.1, 0.15) is 11.5 Å². The van der Waals surface area contributed by atoms with E-state index in [2.05, 4.69) is 19.7 Å². The highest BCUT2D eigenvalue weighted by atomic mass is 32.2. The summed E-state index contributed by atoms with van der Waals surface area (Å²) in [6.45, 7) is 2.59. The first kappa shape index (κ1) is 18.0. The largest absolute Gasteiger partial charge is 0.362 e. The zero-order valence-corrected chi connectivity index (χ0v) is 15.3. The predicted octanol–water partition coefficient (Wildman–Crippen LogP) is 1.85. The maximum atomic E-state index is 12.4. The van der Waals surface area contributed by atoms with Gasteiger partial charge >= 0.3 is 0 Å². The Kier molecular flexibility index (Phi) is 4.99. The van der Waals surface area contributed by atoms with Crippen LogP contribution in [0.1, 0.15) is 29.0 Å². The molecular formula is C17H19N5O3S. The molecular weight excluding hydrogens is 354 g/mol. The monoisotopic (exact) mass is 373 g/mol. The molecule has 0 saturated carbocycles. The summed E-state index contributed by atoms with van der Waals surface area (Å²) in [6, 6.07) is 5.88. The van der Waals surface area contributed by atoms with E-state index in [0.717, 1.165) is 13.0 Å². The summed E-state index contributed by atoms with van der Waals surface area (Å²) in [6.07, 6.45) is 4.45. The number of rotatable bonds is 4. The number of sulfonamides is 1. The second-order valence-corrected chi connectivity index (χ2v) is 7.63. The molecule has 1 amide bonds. The SMILES string of the molecule is Cc1cnc(C(=O)Nc2ccc(S(=O)(=O)/N=C3/CCCN3C)cc2)cn1. The lowest BCUT2D eigenvalue weighted by Crippen LogP contribution is -2.20. The fourth-order valence-corrected chi connectivity index (χ4v) is 3.61. The van der Waals surface area contributed by atoms with E-state index in [9.17, 15) is 13.2 Å². The maximum absolute atomic E-state index is 12.4. The van der Waals surface area contributed by atoms with E-state index in [-0.39, 0.29) is 10.6 Å². The molecule has 1 saturated heterocycles. The molecule has 0 aliphatic carbocycles. The number of aromatic nitrogens is 2. The van der Waals surface area contributed by atoms with Crippen LogP contribution in [0.4, 0.5) is 5.69 Å². The van der Waals surface area contributed by atoms with Gasteiger partial charge in [-0.2, -0.15) is 8.42 Å². The summed E-state index contributed by atoms with van der Waals surface area (Å²) < 4.78 is 28.7. The van der Waals surface area contributed by atoms with Crippen LogP contribution < -0.4 is 5.32 Å². The minimum absolute atomic E-state index is 0.0819. The van der Waals surface area contributed by atoms with Crippen molar-refractivity contribution in [2.45, 2.75) is 24.7 Å². The van der Waals surface area contributed by atoms with Crippen LogP contribution in [-0.4, -0.2) is 48.6 Å². The van der Waals surface area contributed by atoms with E-state index in [1.807, 2.05) is 11.9 Å². The normalized spacial score (nSPS) is 16.1. The Labute approximate surface area is 152 Å². The third-order valence-corrected chi connectivity index (χ3v) is 5.30. The van der Waals surface area contributed by atoms with Crippen LogP contribution in [0, 0.1) is 6.92 Å². The number of benzene rings is 1. The van der Waals surface area contributed by atoms with Gasteiger partial charge in [0, 0.05) is 31.9 Å². The Balaban J connectivity index is 1.74. The zero-order valence-electron chi connectivity index (χ0n) is 14.5. The fraction of sp³-hybridized carbons (Fsp3) is 0.294. The second kappa shape index (κ2) is 7.20. The molecule has 0 unspecified atom stereocenters. The number of hydrogen-bond acceptors (Lipinski definition) is 5. The number of carbonyl (C=O) groups excluding carboxylic acids is 1. The highest BCUT2D eigenvalue weighted by Gasteiger charge is 2.20. The summed E-state index contributed by atoms with van der Waals surface area (Å²) in [7, 11) is -1.94. The van der Waals surface area contributed by atoms with Gasteiger partial charge in [0.2, 0.25) is 0 Å². The minimum Gasteiger partial charge on any atom is -0.362 e. The summed E-state index contributed by atoms with van der Waals surface area (Å²) >= 11 is 0. The fourth-order valence-electron chi connectivity index (χ4n) is 2.52. The van der Waals surface area contributed by atoms with Gasteiger partial charge < -0.3 is 10.2 Å². The third-order valence-electron chi connectivity index (χ3n) is 3.98. The van der Waals surface area contributed by atoms with Crippen LogP contribution in [0.25, 0.3) is 0 Å². The van der Waals surface area contributed by atoms with E-state index in [1.54, 1.807) is 6.92 Å². The summed E-state index contributed by atoms with van der Waals surface area (Å²) in [5, 5.41) is 2.66. The molecule has 2 heterocycles. The van der Waals surface area contributed by atoms with Crippen LogP contribution in [0.15, 0.2) is 46.0 Å². The quantitative estimate of drug-likeness (QED) is 0.877. The molecule has 1 aromatic carbocycles. The lowest BCUT2D eigenvalue weighted by atomic mass is 10.3. The molecule has 1 N–H and O–H groups in total. The Bertz CT molecular complexity index is 937. The number of nitrogens with one attached hydrogen (secondary N) is 1. The number of likely N-dealkylation sites (tertiary alicyclic amines) is 1. The Hall–Kier alpha value is -2.81. The first-order chi connectivity index (χ1) is 12.3. The molecule has 26 heavy (non-hydrogen) atoms. The molecule has 1 fully saturated rings. The van der Waals surface area contributed by atoms with E-state index in [0.29, 0.717) is 23.6 Å². The second-order valence-electron chi connectivity index (χ2n) is 6.03. The van der Waals surface area contributed by atoms with Crippen molar-refractivity contribution in [1.82, 2.24) is 14.9 Å². The standard InChI is InChI=1S/C17H19N5O3S/c1-12-10-19-15(11-18-12)17(23)20-13-5-7-14(8-6-13)26(24,25)21-16-4-3-9-22(16)2/h5-8,10-11H,3-4,9H2,1-2H3,(H,20,23)/b21-16-. The highest BCUT2D eigenvalue weighted by molar-refractivity contribution is 7.90. The summed E-state index contributed by atoms with van der Waals surface area (Å²) in [5.41, 5.74) is 1.36. The highest BCUT2D eigenvalue weighted by Crippen LogP contribution is 2.19. The van der Waals surface area contributed by atoms with Crippen LogP contribution in [0.5, 0.6) is 0 Å². The van der Waals surface area contributed by atoms with E-state index >= 15 is 0 Å². The maximum Gasteiger partial charge on any atom is 0.283 e. The smallest absolute Gasteiger partial charge is 0.283 e. The van der Waals surface area contributed by atoms with Crippen molar-refractivity contribution in [2.75, 3.05) is 18.9 Å². The van der Waals surface area contributed by atoms with Crippen molar-refractivity contribution in [2.24, 2.45) is 4.40 Å². The zero-order chi connectivity index (χ0) is 18.7. The van der Waals surface area contributed by atoms with E-state index < -0.39 is 15.9 Å². The van der Waals surface area contributed by atoms with E-state index in [4.69, 9.17) is 0 Å². The van der Waals surface area contributed by atoms with Crippen molar-refractivity contribution < 1.29 is 13.2 Å². The molecule has 3 rings (SSSR count). The third kappa shape index (κ3) is 4.05. The first-order valence-corrected chi connectivity index (χ1v) is 9.54. The minimum atomic E-state index is -3.77. The Morgan fingerprint density at radius 1 is 1.19 bits per heavy atom. The van der Waals surface area contributed by atoms with Crippen molar-refractivity contribution in [1.29, 1.82) is 0 Å². The van der Waals surface area contributed by atoms with Gasteiger partial charge in [-0.15, -0.1) is 4.40 Å². The molecule has 1 aliphatic heterocycles. The van der Waals surface area contributed by atoms with Crippen molar-refractivity contribution in [3.05, 3.63) is 48.0 Å². The van der Waals surface area contributed by atoms with Gasteiger partial charge in [-0.05, 0) is 37.6 Å². The predicted molar refractivity (Wildman–Crippen MR) is 97.6 cm³/mol. The van der Waals surface area contributed by atoms with Gasteiger partial charge in [-0.1, -0.05) is 0 Å². The molecule has 9 heteroatoms.